The van der Waals surface area contributed by atoms with Gasteiger partial charge in [-0.05, 0) is 5.04 Å². The van der Waals surface area contributed by atoms with Crippen LogP contribution in [0.25, 0.3) is 5.41 Å². The van der Waals surface area contributed by atoms with Crippen molar-refractivity contribution in [2.24, 2.45) is 4.66 Å². The van der Waals surface area contributed by atoms with Crippen molar-refractivity contribution in [2.45, 2.75) is 40.6 Å². The van der Waals surface area contributed by atoms with Crippen molar-refractivity contribution in [3.63, 3.8) is 0 Å². The fraction of sp³-hybridized carbons (Fsp3) is 0.350. The number of hydrogen-bond donors (Lipinski definition) is 0. The van der Waals surface area contributed by atoms with E-state index in [9.17, 15) is 5.41 Å². The van der Waals surface area contributed by atoms with Crippen molar-refractivity contribution < 1.29 is 0 Å². The van der Waals surface area contributed by atoms with Crippen LogP contribution in [0, 0.1) is 0 Å². The van der Waals surface area contributed by atoms with E-state index in [1.54, 1.807) is 0 Å². The average Bonchev–Trinajstić information content (AvgIpc) is 2.52. The van der Waals surface area contributed by atoms with Gasteiger partial charge in [-0.3, -0.25) is 0 Å². The molecule has 126 valence electrons. The molecule has 0 bridgehead atoms. The Kier molecular flexibility index (Phi) is 8.14. The summed E-state index contributed by atoms with van der Waals surface area (Å²) < 4.78 is 4.51. The summed E-state index contributed by atoms with van der Waals surface area (Å²) in [6, 6.07) is 22.6. The number of benzene rings is 2. The average molecular weight is 443 g/mol. The molecule has 0 aliphatic rings. The topological polar surface area (TPSA) is 34.7 Å². The molecule has 2 aromatic rings. The molecule has 24 heavy (non-hydrogen) atoms. The third-order valence-electron chi connectivity index (χ3n) is 3.69. The molecule has 0 atom stereocenters. The van der Waals surface area contributed by atoms with Crippen molar-refractivity contribution in [2.75, 3.05) is 0 Å². The number of hydrogen-bond acceptors (Lipinski definition) is 1. The van der Waals surface area contributed by atoms with Gasteiger partial charge >= 0.3 is 34.6 Å². The molecule has 0 spiro atoms. The van der Waals surface area contributed by atoms with Crippen molar-refractivity contribution in [1.29, 1.82) is 0 Å². The second kappa shape index (κ2) is 9.35. The van der Waals surface area contributed by atoms with E-state index in [2.05, 4.69) is 70.5 Å². The van der Waals surface area contributed by atoms with Crippen LogP contribution < -0.4 is 10.4 Å². The normalized spacial score (nSPS) is 10.9. The molecule has 2 rings (SSSR count). The minimum atomic E-state index is -2.49. The molecule has 0 unspecified atom stereocenters. The van der Waals surface area contributed by atoms with E-state index < -0.39 is 28.0 Å². The molecule has 0 aromatic heterocycles. The van der Waals surface area contributed by atoms with Gasteiger partial charge in [0.1, 0.15) is 8.24 Å². The second-order valence-corrected chi connectivity index (χ2v) is 20.3. The molecule has 2 aromatic carbocycles. The first-order valence-electron chi connectivity index (χ1n) is 8.24. The molecule has 0 aliphatic carbocycles. The zero-order chi connectivity index (χ0) is 18.2. The third kappa shape index (κ3) is 5.17. The van der Waals surface area contributed by atoms with E-state index in [-0.39, 0.29) is 5.04 Å². The van der Waals surface area contributed by atoms with Gasteiger partial charge in [0.2, 0.25) is 0 Å². The Morgan fingerprint density at radius 1 is 0.833 bits per heavy atom. The van der Waals surface area contributed by atoms with Crippen molar-refractivity contribution in [3.8, 4) is 0 Å². The summed E-state index contributed by atoms with van der Waals surface area (Å²) in [4.78, 5) is 7.09. The van der Waals surface area contributed by atoms with Gasteiger partial charge in [0.15, 0.2) is 0 Å². The van der Waals surface area contributed by atoms with Crippen molar-refractivity contribution >= 4 is 44.4 Å². The quantitative estimate of drug-likeness (QED) is 0.489. The first-order valence-corrected chi connectivity index (χ1v) is 18.8. The van der Waals surface area contributed by atoms with Gasteiger partial charge in [0.25, 0.3) is 0 Å². The SMILES string of the molecule is CC(C)(C)[Si](N=C=[N-])(c1ccccc1)c1ccccc1.[CH3][Sn+]([CH3])[CH3]. The Hall–Kier alpha value is -1.16. The van der Waals surface area contributed by atoms with Crippen LogP contribution in [0.4, 0.5) is 0 Å². The van der Waals surface area contributed by atoms with Gasteiger partial charge in [0, 0.05) is 0 Å². The summed E-state index contributed by atoms with van der Waals surface area (Å²) in [7, 11) is -2.49. The zero-order valence-electron chi connectivity index (χ0n) is 15.7. The van der Waals surface area contributed by atoms with Gasteiger partial charge in [-0.2, -0.15) is 6.01 Å². The first kappa shape index (κ1) is 20.9. The molecule has 4 heteroatoms. The van der Waals surface area contributed by atoms with Gasteiger partial charge in [-0.1, -0.05) is 91.8 Å². The molecule has 0 aliphatic heterocycles. The van der Waals surface area contributed by atoms with Gasteiger partial charge < -0.3 is 10.1 Å². The summed E-state index contributed by atoms with van der Waals surface area (Å²) in [5, 5.41) is 11.6. The molecule has 0 amide bonds. The van der Waals surface area contributed by atoms with E-state index in [1.807, 2.05) is 36.4 Å². The van der Waals surface area contributed by atoms with Crippen LogP contribution in [0.3, 0.4) is 0 Å². The summed E-state index contributed by atoms with van der Waals surface area (Å²) in [6.07, 6.45) is 0. The maximum atomic E-state index is 9.31. The fourth-order valence-corrected chi connectivity index (χ4v) is 6.92. The van der Waals surface area contributed by atoms with E-state index in [1.165, 1.54) is 10.4 Å². The summed E-state index contributed by atoms with van der Waals surface area (Å²) in [5.41, 5.74) is 0. The Labute approximate surface area is 155 Å². The van der Waals surface area contributed by atoms with Crippen LogP contribution in [0.2, 0.25) is 19.9 Å². The van der Waals surface area contributed by atoms with E-state index in [4.69, 9.17) is 0 Å². The standard InChI is InChI=1S/C17H19N2Si.3CH3.Sn/c1-17(2,3)20(19-14-18,15-10-6-4-7-11-15)16-12-8-5-9-13-16;;;;/h4-13H,1-3H3;3*1H3;/q-1;;;;+1. The van der Waals surface area contributed by atoms with Crippen LogP contribution >= 0.6 is 0 Å². The molecule has 0 fully saturated rings. The Bertz CT molecular complexity index is 615. The van der Waals surface area contributed by atoms with Crippen LogP contribution in [0.5, 0.6) is 0 Å². The van der Waals surface area contributed by atoms with Crippen LogP contribution in [0.1, 0.15) is 20.8 Å². The van der Waals surface area contributed by atoms with Crippen LogP contribution in [-0.2, 0) is 0 Å². The predicted octanol–water partition coefficient (Wildman–Crippen LogP) is 4.66. The number of rotatable bonds is 3. The molecular formula is C20H28N2SiSn. The van der Waals surface area contributed by atoms with Gasteiger partial charge in [-0.15, -0.1) is 0 Å². The summed E-state index contributed by atoms with van der Waals surface area (Å²) >= 11 is -0.543. The van der Waals surface area contributed by atoms with Crippen molar-refractivity contribution in [1.82, 2.24) is 0 Å². The molecule has 2 nitrogen and oxygen atoms in total. The molecule has 0 saturated carbocycles. The monoisotopic (exact) mass is 444 g/mol. The predicted molar refractivity (Wildman–Crippen MR) is 112 cm³/mol. The van der Waals surface area contributed by atoms with Crippen LogP contribution in [-0.4, -0.2) is 34.0 Å². The zero-order valence-corrected chi connectivity index (χ0v) is 19.5. The summed E-state index contributed by atoms with van der Waals surface area (Å²) in [6.45, 7) is 6.54. The molecular weight excluding hydrogens is 415 g/mol. The first-order chi connectivity index (χ1) is 11.3. The van der Waals surface area contributed by atoms with E-state index in [0.29, 0.717) is 0 Å². The van der Waals surface area contributed by atoms with Gasteiger partial charge in [-0.25, -0.2) is 0 Å². The molecule has 0 heterocycles. The fourth-order valence-electron chi connectivity index (χ4n) is 2.76. The Morgan fingerprint density at radius 2 is 1.17 bits per heavy atom. The molecule has 0 N–H and O–H groups in total. The Morgan fingerprint density at radius 3 is 1.42 bits per heavy atom. The Balaban J connectivity index is 0.000000648. The second-order valence-electron chi connectivity index (χ2n) is 7.40. The summed E-state index contributed by atoms with van der Waals surface area (Å²) in [5.74, 6) is 0. The molecule has 0 radical (unpaired) electrons. The third-order valence-corrected chi connectivity index (χ3v) is 8.63. The molecule has 0 saturated heterocycles. The maximum absolute atomic E-state index is 9.31. The van der Waals surface area contributed by atoms with E-state index in [0.717, 1.165) is 0 Å². The van der Waals surface area contributed by atoms with Crippen molar-refractivity contribution in [3.05, 3.63) is 66.1 Å². The minimum absolute atomic E-state index is 0.0779. The van der Waals surface area contributed by atoms with E-state index >= 15 is 0 Å². The number of nitrogens with zero attached hydrogens (tertiary/aromatic N) is 2. The van der Waals surface area contributed by atoms with Crippen LogP contribution in [0.15, 0.2) is 65.3 Å². The van der Waals surface area contributed by atoms with Gasteiger partial charge in [0.05, 0.1) is 0 Å².